The van der Waals surface area contributed by atoms with E-state index in [0.717, 1.165) is 0 Å². The summed E-state index contributed by atoms with van der Waals surface area (Å²) in [6.45, 7) is 12.1. The molecule has 8 aromatic rings. The van der Waals surface area contributed by atoms with Crippen molar-refractivity contribution in [2.75, 3.05) is 0 Å². The normalized spacial score (nSPS) is 10.5. The van der Waals surface area contributed by atoms with E-state index < -0.39 is 0 Å². The maximum atomic E-state index is 3.06. The van der Waals surface area contributed by atoms with Gasteiger partial charge in [0.2, 0.25) is 0 Å². The third-order valence-electron chi connectivity index (χ3n) is 9.49. The van der Waals surface area contributed by atoms with Gasteiger partial charge in [-0.2, -0.15) is 12.1 Å². The number of hydrogen-bond acceptors (Lipinski definition) is 0. The molecule has 8 rings (SSSR count). The Hall–Kier alpha value is -4.36. The summed E-state index contributed by atoms with van der Waals surface area (Å²) < 4.78 is 0. The Morgan fingerprint density at radius 1 is 0.385 bits per heavy atom. The van der Waals surface area contributed by atoms with E-state index in [0.29, 0.717) is 11.8 Å². The average molecular weight is 768 g/mol. The van der Waals surface area contributed by atoms with Gasteiger partial charge in [-0.1, -0.05) is 207 Å². The van der Waals surface area contributed by atoms with Crippen LogP contribution in [-0.2, 0) is 23.3 Å². The zero-order valence-corrected chi connectivity index (χ0v) is 34.8. The van der Waals surface area contributed by atoms with Crippen molar-refractivity contribution in [1.29, 1.82) is 0 Å². The minimum absolute atomic E-state index is 0. The predicted molar refractivity (Wildman–Crippen MR) is 228 cm³/mol. The summed E-state index contributed by atoms with van der Waals surface area (Å²) in [5, 5.41) is 5.41. The van der Waals surface area contributed by atoms with Crippen LogP contribution in [0.15, 0.2) is 170 Å². The molecule has 0 heterocycles. The monoisotopic (exact) mass is 766 g/mol. The molecule has 0 N–H and O–H groups in total. The quantitative estimate of drug-likeness (QED) is 0.117. The fourth-order valence-corrected chi connectivity index (χ4v) is 6.79. The molecule has 0 spiro atoms. The van der Waals surface area contributed by atoms with Crippen molar-refractivity contribution >= 4 is 28.4 Å². The van der Waals surface area contributed by atoms with Gasteiger partial charge in [0.05, 0.1) is 0 Å². The first-order chi connectivity index (χ1) is 24.5. The number of rotatable bonds is 6. The van der Waals surface area contributed by atoms with Gasteiger partial charge in [-0.05, 0) is 23.0 Å². The van der Waals surface area contributed by atoms with Crippen molar-refractivity contribution in [3.63, 3.8) is 0 Å². The molecule has 0 amide bonds. The molecule has 0 nitrogen and oxygen atoms in total. The zero-order chi connectivity index (χ0) is 35.0. The van der Waals surface area contributed by atoms with Gasteiger partial charge in [-0.3, -0.25) is 0 Å². The van der Waals surface area contributed by atoms with Crippen molar-refractivity contribution in [2.24, 2.45) is 0 Å². The molecule has 0 fully saturated rings. The van der Waals surface area contributed by atoms with E-state index in [1.165, 1.54) is 101 Å². The molecule has 0 aliphatic carbocycles. The zero-order valence-electron chi connectivity index (χ0n) is 31.3. The second kappa shape index (κ2) is 18.9. The van der Waals surface area contributed by atoms with Crippen molar-refractivity contribution in [3.05, 3.63) is 196 Å². The Bertz CT molecular complexity index is 1960. The third kappa shape index (κ3) is 8.80. The minimum atomic E-state index is 0. The molecule has 0 unspecified atom stereocenters. The molecule has 0 atom stereocenters. The Kier molecular flexibility index (Phi) is 14.7. The molecule has 0 aliphatic heterocycles. The van der Waals surface area contributed by atoms with Crippen molar-refractivity contribution in [2.45, 2.75) is 39.5 Å². The molecular weight excluding hydrogens is 720 g/mol. The third-order valence-corrected chi connectivity index (χ3v) is 9.49. The van der Waals surface area contributed by atoms with Gasteiger partial charge in [0.15, 0.2) is 0 Å². The van der Waals surface area contributed by atoms with Crippen LogP contribution in [0.3, 0.4) is 0 Å². The molecule has 8 aromatic carbocycles. The second-order valence-electron chi connectivity index (χ2n) is 13.3. The molecular formula is C50H48SiZr-4. The van der Waals surface area contributed by atoms with Crippen LogP contribution in [0.5, 0.6) is 0 Å². The molecule has 52 heavy (non-hydrogen) atoms. The first-order valence-corrected chi connectivity index (χ1v) is 21.6. The average Bonchev–Trinajstić information content (AvgIpc) is 3.84. The van der Waals surface area contributed by atoms with Crippen LogP contribution in [0.25, 0.3) is 66.1 Å². The van der Waals surface area contributed by atoms with Crippen LogP contribution in [0.1, 0.15) is 50.7 Å². The van der Waals surface area contributed by atoms with E-state index in [4.69, 9.17) is 0 Å². The van der Waals surface area contributed by atoms with E-state index in [9.17, 15) is 0 Å². The van der Waals surface area contributed by atoms with E-state index in [2.05, 4.69) is 204 Å². The van der Waals surface area contributed by atoms with Crippen molar-refractivity contribution in [1.82, 2.24) is 0 Å². The van der Waals surface area contributed by atoms with Crippen LogP contribution in [0.2, 0.25) is 0 Å². The SMILES string of the molecule is CC(C)c1cc2c(-c3ccccc3)ccc(-c3ccccc3)c2[cH-]1.CC(C)c1cc2c(-c3ccccc3)ccc(-c3ccccc3)c2[cH-]1.[CH3-].[CH3-].[Si]=[Zr]. The fourth-order valence-electron chi connectivity index (χ4n) is 6.79. The number of fused-ring (bicyclic) bond motifs is 2. The Labute approximate surface area is 329 Å². The summed E-state index contributed by atoms with van der Waals surface area (Å²) in [5.74, 6) is 1.06. The summed E-state index contributed by atoms with van der Waals surface area (Å²) in [5.41, 5.74) is 13.2. The maximum absolute atomic E-state index is 3.06. The van der Waals surface area contributed by atoms with Crippen LogP contribution in [0.4, 0.5) is 0 Å². The first-order valence-electron chi connectivity index (χ1n) is 17.4. The molecule has 0 aliphatic rings. The molecule has 0 saturated heterocycles. The van der Waals surface area contributed by atoms with Crippen LogP contribution < -0.4 is 0 Å². The second-order valence-corrected chi connectivity index (χ2v) is 13.3. The van der Waals surface area contributed by atoms with Crippen molar-refractivity contribution < 1.29 is 23.3 Å². The molecule has 260 valence electrons. The summed E-state index contributed by atoms with van der Waals surface area (Å²) in [7, 11) is 0. The van der Waals surface area contributed by atoms with Gasteiger partial charge >= 0.3 is 30.2 Å². The van der Waals surface area contributed by atoms with Crippen LogP contribution >= 0.6 is 0 Å². The van der Waals surface area contributed by atoms with Crippen molar-refractivity contribution in [3.8, 4) is 44.5 Å². The summed E-state index contributed by atoms with van der Waals surface area (Å²) >= 11 is 1.36. The van der Waals surface area contributed by atoms with E-state index in [1.54, 1.807) is 0 Å². The van der Waals surface area contributed by atoms with Gasteiger partial charge in [-0.15, -0.1) is 44.8 Å². The molecule has 0 bridgehead atoms. The Balaban J connectivity index is 0.000000214. The topological polar surface area (TPSA) is 0 Å². The number of benzene rings is 6. The van der Waals surface area contributed by atoms with Gasteiger partial charge in [0.25, 0.3) is 0 Å². The Morgan fingerprint density at radius 2 is 0.635 bits per heavy atom. The van der Waals surface area contributed by atoms with E-state index in [1.807, 2.05) is 0 Å². The van der Waals surface area contributed by atoms with Crippen LogP contribution in [-0.4, -0.2) is 6.88 Å². The fraction of sp³-hybridized carbons (Fsp3) is 0.120. The number of hydrogen-bond donors (Lipinski definition) is 0. The molecule has 2 heteroatoms. The molecule has 2 radical (unpaired) electrons. The summed E-state index contributed by atoms with van der Waals surface area (Å²) in [6.07, 6.45) is 0. The van der Waals surface area contributed by atoms with Gasteiger partial charge in [0, 0.05) is 0 Å². The standard InChI is InChI=1S/2C24H21.2CH3.Si.Zr/c2*1-17(2)20-15-23-21(18-9-5-3-6-10-18)13-14-22(24(23)16-20)19-11-7-4-8-12-19;;;;/h2*3-17H,1-2H3;2*1H3;;/q4*-1;;. The summed E-state index contributed by atoms with van der Waals surface area (Å²) in [4.78, 5) is 0. The van der Waals surface area contributed by atoms with Crippen LogP contribution in [0, 0.1) is 14.9 Å². The summed E-state index contributed by atoms with van der Waals surface area (Å²) in [6, 6.07) is 61.3. The van der Waals surface area contributed by atoms with E-state index >= 15 is 0 Å². The Morgan fingerprint density at radius 3 is 0.904 bits per heavy atom. The van der Waals surface area contributed by atoms with Gasteiger partial charge < -0.3 is 14.9 Å². The molecule has 0 aromatic heterocycles. The van der Waals surface area contributed by atoms with Gasteiger partial charge in [0.1, 0.15) is 0 Å². The van der Waals surface area contributed by atoms with E-state index in [-0.39, 0.29) is 14.9 Å². The van der Waals surface area contributed by atoms with Gasteiger partial charge in [-0.25, -0.2) is 0 Å². The predicted octanol–water partition coefficient (Wildman–Crippen LogP) is 14.5. The first kappa shape index (κ1) is 40.4. The molecule has 0 saturated carbocycles.